The second-order valence-corrected chi connectivity index (χ2v) is 7.01. The van der Waals surface area contributed by atoms with Crippen molar-refractivity contribution in [2.45, 2.75) is 58.7 Å². The zero-order chi connectivity index (χ0) is 15.6. The second kappa shape index (κ2) is 6.36. The quantitative estimate of drug-likeness (QED) is 0.923. The molecule has 0 unspecified atom stereocenters. The molecular weight excluding hydrogens is 264 g/mol. The van der Waals surface area contributed by atoms with Crippen molar-refractivity contribution in [3.8, 4) is 5.88 Å². The Kier molecular flexibility index (Phi) is 4.94. The summed E-state index contributed by atoms with van der Waals surface area (Å²) in [5.41, 5.74) is 2.51. The van der Waals surface area contributed by atoms with Gasteiger partial charge in [-0.1, -0.05) is 0 Å². The molecule has 1 aliphatic rings. The maximum absolute atomic E-state index is 5.45. The Balaban J connectivity index is 1.88. The average molecular weight is 294 g/mol. The summed E-state index contributed by atoms with van der Waals surface area (Å²) >= 11 is 0. The normalized spacial score (nSPS) is 18.2. The Bertz CT molecular complexity index is 467. The standard InChI is InChI=1S/C16H30N4O/c1-12-14(15(21-6)19(5)18-12)11-17-13-7-9-20(10-8-13)16(2,3)4/h13,17H,7-11H2,1-6H3. The Morgan fingerprint density at radius 1 is 1.29 bits per heavy atom. The highest BCUT2D eigenvalue weighted by atomic mass is 16.5. The molecule has 0 saturated carbocycles. The number of nitrogens with zero attached hydrogens (tertiary/aromatic N) is 3. The molecule has 120 valence electrons. The lowest BCUT2D eigenvalue weighted by atomic mass is 9.98. The highest BCUT2D eigenvalue weighted by molar-refractivity contribution is 5.30. The first-order valence-electron chi connectivity index (χ1n) is 7.88. The van der Waals surface area contributed by atoms with Gasteiger partial charge >= 0.3 is 0 Å². The molecule has 0 aromatic carbocycles. The molecule has 2 heterocycles. The summed E-state index contributed by atoms with van der Waals surface area (Å²) in [4.78, 5) is 2.57. The minimum Gasteiger partial charge on any atom is -0.481 e. The summed E-state index contributed by atoms with van der Waals surface area (Å²) in [6, 6.07) is 0.591. The van der Waals surface area contributed by atoms with Crippen LogP contribution in [-0.2, 0) is 13.6 Å². The van der Waals surface area contributed by atoms with Crippen LogP contribution in [0.1, 0.15) is 44.9 Å². The third kappa shape index (κ3) is 3.77. The number of piperidine rings is 1. The van der Waals surface area contributed by atoms with Gasteiger partial charge in [0.05, 0.1) is 18.4 Å². The fourth-order valence-corrected chi connectivity index (χ4v) is 3.14. The highest BCUT2D eigenvalue weighted by Gasteiger charge is 2.27. The molecule has 0 atom stereocenters. The highest BCUT2D eigenvalue weighted by Crippen LogP contribution is 2.23. The van der Waals surface area contributed by atoms with E-state index in [2.05, 4.69) is 36.1 Å². The lowest BCUT2D eigenvalue weighted by molar-refractivity contribution is 0.0959. The molecule has 5 nitrogen and oxygen atoms in total. The van der Waals surface area contributed by atoms with Crippen LogP contribution in [0.4, 0.5) is 0 Å². The summed E-state index contributed by atoms with van der Waals surface area (Å²) in [7, 11) is 3.64. The lowest BCUT2D eigenvalue weighted by Gasteiger charge is -2.41. The topological polar surface area (TPSA) is 42.3 Å². The third-order valence-electron chi connectivity index (χ3n) is 4.49. The predicted octanol–water partition coefficient (Wildman–Crippen LogP) is 2.09. The molecule has 1 saturated heterocycles. The molecule has 1 aliphatic heterocycles. The zero-order valence-corrected chi connectivity index (χ0v) is 14.4. The van der Waals surface area contributed by atoms with Gasteiger partial charge in [0.15, 0.2) is 0 Å². The van der Waals surface area contributed by atoms with E-state index in [9.17, 15) is 0 Å². The molecule has 1 fully saturated rings. The van der Waals surface area contributed by atoms with Crippen LogP contribution in [0.3, 0.4) is 0 Å². The molecule has 0 aliphatic carbocycles. The van der Waals surface area contributed by atoms with Crippen molar-refractivity contribution in [3.05, 3.63) is 11.3 Å². The number of aryl methyl sites for hydroxylation is 2. The van der Waals surface area contributed by atoms with Crippen LogP contribution in [0, 0.1) is 6.92 Å². The van der Waals surface area contributed by atoms with Crippen LogP contribution in [0.5, 0.6) is 5.88 Å². The smallest absolute Gasteiger partial charge is 0.216 e. The number of ether oxygens (including phenoxy) is 1. The van der Waals surface area contributed by atoms with Crippen LogP contribution in [0.15, 0.2) is 0 Å². The number of hydrogen-bond acceptors (Lipinski definition) is 4. The number of rotatable bonds is 4. The molecule has 1 aromatic heterocycles. The number of aromatic nitrogens is 2. The van der Waals surface area contributed by atoms with E-state index in [-0.39, 0.29) is 5.54 Å². The number of likely N-dealkylation sites (tertiary alicyclic amines) is 1. The molecule has 0 radical (unpaired) electrons. The molecule has 2 rings (SSSR count). The monoisotopic (exact) mass is 294 g/mol. The van der Waals surface area contributed by atoms with Crippen molar-refractivity contribution in [1.29, 1.82) is 0 Å². The van der Waals surface area contributed by atoms with E-state index in [1.54, 1.807) is 7.11 Å². The van der Waals surface area contributed by atoms with E-state index >= 15 is 0 Å². The van der Waals surface area contributed by atoms with Crippen molar-refractivity contribution < 1.29 is 4.74 Å². The van der Waals surface area contributed by atoms with Gasteiger partial charge < -0.3 is 10.1 Å². The van der Waals surface area contributed by atoms with Crippen molar-refractivity contribution in [2.24, 2.45) is 7.05 Å². The maximum Gasteiger partial charge on any atom is 0.216 e. The number of nitrogens with one attached hydrogen (secondary N) is 1. The number of methoxy groups -OCH3 is 1. The van der Waals surface area contributed by atoms with Crippen LogP contribution >= 0.6 is 0 Å². The summed E-state index contributed by atoms with van der Waals surface area (Å²) < 4.78 is 7.26. The summed E-state index contributed by atoms with van der Waals surface area (Å²) in [6.45, 7) is 12.1. The van der Waals surface area contributed by atoms with Gasteiger partial charge in [0, 0.05) is 38.3 Å². The zero-order valence-electron chi connectivity index (χ0n) is 14.4. The van der Waals surface area contributed by atoms with Crippen LogP contribution in [-0.4, -0.2) is 46.5 Å². The first-order chi connectivity index (χ1) is 9.82. The predicted molar refractivity (Wildman–Crippen MR) is 85.7 cm³/mol. The van der Waals surface area contributed by atoms with E-state index in [1.807, 2.05) is 18.7 Å². The first-order valence-corrected chi connectivity index (χ1v) is 7.88. The molecule has 0 bridgehead atoms. The van der Waals surface area contributed by atoms with Crippen molar-refractivity contribution in [3.63, 3.8) is 0 Å². The SMILES string of the molecule is COc1c(CNC2CCN(C(C)(C)C)CC2)c(C)nn1C. The summed E-state index contributed by atoms with van der Waals surface area (Å²) in [6.07, 6.45) is 2.41. The van der Waals surface area contributed by atoms with E-state index in [0.717, 1.165) is 18.1 Å². The van der Waals surface area contributed by atoms with E-state index < -0.39 is 0 Å². The Morgan fingerprint density at radius 2 is 1.90 bits per heavy atom. The minimum atomic E-state index is 0.286. The molecule has 0 spiro atoms. The van der Waals surface area contributed by atoms with E-state index in [1.165, 1.54) is 31.5 Å². The van der Waals surface area contributed by atoms with Crippen molar-refractivity contribution in [2.75, 3.05) is 20.2 Å². The number of hydrogen-bond donors (Lipinski definition) is 1. The molecule has 21 heavy (non-hydrogen) atoms. The minimum absolute atomic E-state index is 0.286. The summed E-state index contributed by atoms with van der Waals surface area (Å²) in [5, 5.41) is 8.11. The Hall–Kier alpha value is -1.07. The van der Waals surface area contributed by atoms with Gasteiger partial charge in [-0.3, -0.25) is 4.90 Å². The van der Waals surface area contributed by atoms with Gasteiger partial charge in [-0.2, -0.15) is 5.10 Å². The van der Waals surface area contributed by atoms with Gasteiger partial charge in [0.25, 0.3) is 0 Å². The van der Waals surface area contributed by atoms with Gasteiger partial charge in [0.1, 0.15) is 0 Å². The first kappa shape index (κ1) is 16.3. The maximum atomic E-state index is 5.45. The molecule has 0 amide bonds. The molecule has 1 N–H and O–H groups in total. The molecular formula is C16H30N4O. The Morgan fingerprint density at radius 3 is 2.43 bits per heavy atom. The molecule has 5 heteroatoms. The van der Waals surface area contributed by atoms with E-state index in [0.29, 0.717) is 6.04 Å². The fraction of sp³-hybridized carbons (Fsp3) is 0.812. The van der Waals surface area contributed by atoms with Gasteiger partial charge in [-0.05, 0) is 40.5 Å². The lowest BCUT2D eigenvalue weighted by Crippen LogP contribution is -2.49. The Labute approximate surface area is 128 Å². The van der Waals surface area contributed by atoms with Gasteiger partial charge in [-0.25, -0.2) is 4.68 Å². The largest absolute Gasteiger partial charge is 0.481 e. The fourth-order valence-electron chi connectivity index (χ4n) is 3.14. The average Bonchev–Trinajstić information content (AvgIpc) is 2.69. The van der Waals surface area contributed by atoms with Crippen molar-refractivity contribution in [1.82, 2.24) is 20.0 Å². The van der Waals surface area contributed by atoms with Crippen LogP contribution < -0.4 is 10.1 Å². The third-order valence-corrected chi connectivity index (χ3v) is 4.49. The van der Waals surface area contributed by atoms with Crippen LogP contribution in [0.25, 0.3) is 0 Å². The molecule has 1 aromatic rings. The van der Waals surface area contributed by atoms with E-state index in [4.69, 9.17) is 4.74 Å². The van der Waals surface area contributed by atoms with Gasteiger partial charge in [0.2, 0.25) is 5.88 Å². The summed E-state index contributed by atoms with van der Waals surface area (Å²) in [5.74, 6) is 0.868. The van der Waals surface area contributed by atoms with Gasteiger partial charge in [-0.15, -0.1) is 0 Å². The van der Waals surface area contributed by atoms with Crippen molar-refractivity contribution >= 4 is 0 Å². The van der Waals surface area contributed by atoms with Crippen LogP contribution in [0.2, 0.25) is 0 Å². The second-order valence-electron chi connectivity index (χ2n) is 7.01.